The normalized spacial score (nSPS) is 10.1. The summed E-state index contributed by atoms with van der Waals surface area (Å²) in [4.78, 5) is 84.3. The Morgan fingerprint density at radius 2 is 0.809 bits per heavy atom. The zero-order chi connectivity index (χ0) is 86.7. The minimum absolute atomic E-state index is 0.00311. The van der Waals surface area contributed by atoms with Crippen LogP contribution in [0.4, 0.5) is 0 Å². The Bertz CT molecular complexity index is 4410. The Labute approximate surface area is 660 Å². The highest BCUT2D eigenvalue weighted by Gasteiger charge is 2.24. The molecule has 0 bridgehead atoms. The number of hydrogen-bond acceptors (Lipinski definition) is 24. The molecule has 610 valence electrons. The lowest BCUT2D eigenvalue weighted by atomic mass is 9.77. The molecule has 2 heterocycles. The molecule has 47 nitrogen and oxygen atoms in total. The minimum Gasteiger partial charge on any atom is -0.493 e. The number of carbonyl (C=O) groups is 8. The number of ether oxygens (including phenoxy) is 2. The second-order valence-corrected chi connectivity index (χ2v) is 22.0. The van der Waals surface area contributed by atoms with Gasteiger partial charge in [0.1, 0.15) is 36.6 Å². The molecule has 0 amide bonds. The molecule has 6 aromatic rings. The summed E-state index contributed by atoms with van der Waals surface area (Å²) in [6, 6.07) is 26.5. The first-order valence-corrected chi connectivity index (χ1v) is 33.4. The summed E-state index contributed by atoms with van der Waals surface area (Å²) >= 11 is 1.35. The Kier molecular flexibility index (Phi) is 55.8. The fourth-order valence-electron chi connectivity index (χ4n) is 6.97. The van der Waals surface area contributed by atoms with Gasteiger partial charge >= 0.3 is 14.2 Å². The molecule has 0 saturated carbocycles. The quantitative estimate of drug-likeness (QED) is 0.00454. The van der Waals surface area contributed by atoms with Gasteiger partial charge in [-0.3, -0.25) is 33.6 Å². The predicted octanol–water partition coefficient (Wildman–Crippen LogP) is -20.1. The molecule has 50 heteroatoms. The van der Waals surface area contributed by atoms with E-state index in [-0.39, 0.29) is 87.0 Å². The van der Waals surface area contributed by atoms with Crippen LogP contribution in [0.25, 0.3) is 0 Å². The maximum atomic E-state index is 11.2. The van der Waals surface area contributed by atoms with Crippen molar-refractivity contribution >= 4 is 184 Å². The number of nitrogens with two attached hydrogens (primary N) is 16. The second kappa shape index (κ2) is 63.3. The molecule has 44 N–H and O–H groups in total. The highest BCUT2D eigenvalue weighted by molar-refractivity contribution is 7.15. The van der Waals surface area contributed by atoms with E-state index in [4.69, 9.17) is 106 Å². The third kappa shape index (κ3) is 52.9. The molecule has 4 aromatic carbocycles. The Balaban J connectivity index is 0. The van der Waals surface area contributed by atoms with Crippen LogP contribution in [0, 0.1) is 0 Å². The number of aldehydes is 8. The number of hydrazone groups is 8. The van der Waals surface area contributed by atoms with Crippen molar-refractivity contribution in [1.82, 2.24) is 0 Å². The van der Waals surface area contributed by atoms with Gasteiger partial charge in [-0.2, -0.15) is 0 Å². The van der Waals surface area contributed by atoms with Crippen LogP contribution in [0.5, 0.6) is 11.5 Å². The Hall–Kier alpha value is -15.7. The van der Waals surface area contributed by atoms with Gasteiger partial charge in [0.15, 0.2) is 36.6 Å². The molecule has 0 aliphatic rings. The number of rotatable bonds is 33. The molecule has 0 fully saturated rings. The van der Waals surface area contributed by atoms with Gasteiger partial charge in [0.05, 0.1) is 34.1 Å². The van der Waals surface area contributed by atoms with Crippen LogP contribution in [-0.2, 0) is 9.59 Å². The Morgan fingerprint density at radius 3 is 1.25 bits per heavy atom. The van der Waals surface area contributed by atoms with E-state index in [9.17, 15) is 58.5 Å². The third-order valence-corrected chi connectivity index (χ3v) is 12.4. The number of nitrogens with one attached hydrogen (secondary N) is 8. The molecular formula is C65H96B2N32O15S+8. The van der Waals surface area contributed by atoms with Crippen molar-refractivity contribution in [2.75, 3.05) is 13.2 Å². The number of benzene rings is 4. The van der Waals surface area contributed by atoms with Crippen LogP contribution in [0.3, 0.4) is 0 Å². The topological polar surface area (TPSA) is 876 Å². The van der Waals surface area contributed by atoms with E-state index in [1.807, 2.05) is 19.9 Å². The van der Waals surface area contributed by atoms with E-state index >= 15 is 0 Å². The molecule has 115 heavy (non-hydrogen) atoms. The number of thiophene rings is 1. The smallest absolute Gasteiger partial charge is 0.492 e. The molecule has 0 spiro atoms. The van der Waals surface area contributed by atoms with Crippen molar-refractivity contribution in [3.05, 3.63) is 163 Å². The first-order chi connectivity index (χ1) is 54.9. The van der Waals surface area contributed by atoms with Gasteiger partial charge in [-0.25, -0.2) is 0 Å². The summed E-state index contributed by atoms with van der Waals surface area (Å²) in [6.07, 6.45) is 21.0. The van der Waals surface area contributed by atoms with Crippen LogP contribution in [0.2, 0.25) is 0 Å². The van der Waals surface area contributed by atoms with Crippen molar-refractivity contribution in [2.45, 2.75) is 46.0 Å². The second-order valence-electron chi connectivity index (χ2n) is 20.8. The first-order valence-electron chi connectivity index (χ1n) is 32.6. The van der Waals surface area contributed by atoms with Gasteiger partial charge in [0.25, 0.3) is 47.7 Å². The number of hydrogen-bond donors (Lipinski definition) is 28. The number of guanidine groups is 8. The van der Waals surface area contributed by atoms with Crippen molar-refractivity contribution in [1.29, 1.82) is 0 Å². The van der Waals surface area contributed by atoms with Crippen molar-refractivity contribution in [2.24, 2.45) is 133 Å². The number of carbonyl (C=O) groups excluding carboxylic acids is 8. The fourth-order valence-corrected chi connectivity index (χ4v) is 7.68. The van der Waals surface area contributed by atoms with E-state index in [0.29, 0.717) is 77.7 Å². The minimum atomic E-state index is -1.77. The Morgan fingerprint density at radius 1 is 0.391 bits per heavy atom. The van der Waals surface area contributed by atoms with Crippen molar-refractivity contribution < 1.29 is 113 Å². The molecule has 0 radical (unpaired) electrons. The molecule has 0 unspecified atom stereocenters. The molecule has 0 saturated heterocycles. The molecular weight excluding hydrogens is 1520 g/mol. The van der Waals surface area contributed by atoms with E-state index in [1.54, 1.807) is 85.5 Å². The average Bonchev–Trinajstić information content (AvgIpc) is 1.64. The van der Waals surface area contributed by atoms with Gasteiger partial charge in [0.2, 0.25) is 49.8 Å². The van der Waals surface area contributed by atoms with Crippen LogP contribution in [0.15, 0.2) is 142 Å². The monoisotopic (exact) mass is 1620 g/mol. The first kappa shape index (κ1) is 101. The molecule has 0 aliphatic heterocycles. The number of furan rings is 1. The van der Waals surface area contributed by atoms with Gasteiger partial charge in [-0.05, 0) is 92.1 Å². The summed E-state index contributed by atoms with van der Waals surface area (Å²) in [7, 11) is -3.54. The summed E-state index contributed by atoms with van der Waals surface area (Å²) in [5, 5.41) is 85.5. The summed E-state index contributed by atoms with van der Waals surface area (Å²) in [5.41, 5.74) is 85.6. The fraction of sp³-hybridized carbons (Fsp3) is 0.138. The molecule has 6 rings (SSSR count). The average molecular weight is 1620 g/mol. The maximum Gasteiger partial charge on any atom is 0.492 e. The SMILES string of the molecule is CCCOc1c(C=O)cc(C=[NH+]N=C(N)N)cc1B(O)O.CCCOc1c(C=[NH+]N=C(N)N)cc(C=O)cc1B(O)O.NC(N)=N[NH+]=CC=O.NC(N)=N[NH+]=CCCCC=O.NC(N)=N[NH+]=Cc1ccc(C=O)cc1.NC(N)=N[NH+]=Cc1ccc(C=O)o1.NC(N)=N[NH+]=Cc1ccc(C=O)s1.NC(N)=N[NH+]=Cc1cccc(C=O)c1. The van der Waals surface area contributed by atoms with E-state index in [2.05, 4.69) is 81.6 Å². The van der Waals surface area contributed by atoms with Gasteiger partial charge in [-0.1, -0.05) is 48.3 Å². The van der Waals surface area contributed by atoms with Gasteiger partial charge in [0, 0.05) is 98.0 Å². The lowest BCUT2D eigenvalue weighted by molar-refractivity contribution is -0.458. The third-order valence-electron chi connectivity index (χ3n) is 11.5. The van der Waals surface area contributed by atoms with E-state index in [0.717, 1.165) is 73.0 Å². The highest BCUT2D eigenvalue weighted by Crippen LogP contribution is 2.18. The maximum absolute atomic E-state index is 11.2. The van der Waals surface area contributed by atoms with Gasteiger partial charge in [-0.15, -0.1) is 41.9 Å². The van der Waals surface area contributed by atoms with E-state index in [1.165, 1.54) is 60.3 Å². The number of nitrogens with zero attached hydrogens (tertiary/aromatic N) is 8. The zero-order valence-electron chi connectivity index (χ0n) is 62.1. The molecule has 0 atom stereocenters. The van der Waals surface area contributed by atoms with Crippen LogP contribution in [-0.4, -0.2) is 195 Å². The van der Waals surface area contributed by atoms with Crippen LogP contribution >= 0.6 is 11.3 Å². The van der Waals surface area contributed by atoms with Crippen LogP contribution < -0.4 is 153 Å². The zero-order valence-corrected chi connectivity index (χ0v) is 62.9. The molecule has 2 aromatic heterocycles. The summed E-state index contributed by atoms with van der Waals surface area (Å²) < 4.78 is 15.9. The van der Waals surface area contributed by atoms with Crippen molar-refractivity contribution in [3.63, 3.8) is 0 Å². The van der Waals surface area contributed by atoms with Crippen molar-refractivity contribution in [3.8, 4) is 11.5 Å². The summed E-state index contributed by atoms with van der Waals surface area (Å²) in [6.45, 7) is 4.55. The highest BCUT2D eigenvalue weighted by atomic mass is 32.1. The lowest BCUT2D eigenvalue weighted by Crippen LogP contribution is -2.64. The largest absolute Gasteiger partial charge is 0.493 e. The lowest BCUT2D eigenvalue weighted by Gasteiger charge is -2.13. The van der Waals surface area contributed by atoms with Gasteiger partial charge < -0.3 is 131 Å². The predicted molar refractivity (Wildman–Crippen MR) is 436 cm³/mol. The van der Waals surface area contributed by atoms with Crippen LogP contribution in [0.1, 0.15) is 141 Å². The van der Waals surface area contributed by atoms with E-state index < -0.39 is 14.2 Å². The summed E-state index contributed by atoms with van der Waals surface area (Å²) in [5.74, 6) is 0.463. The standard InChI is InChI=1S/2C12H17BN4O4.2C9H10N4O.C7H8N4O2.C7H8N4OS.C6H12N4O.C3H6N4O/c1-2-3-21-11-9(6-16-17-12(14)15)4-8(7-18)5-10(11)13(19)20;1-2-3-21-11-9(7-18)4-8(5-10(11)13(19)20)6-16-17-12(14)15;10-9(11)13-12-5-7-1-3-8(6-14)4-2-7;10-9(11)13-12-5-7-2-1-3-8(4-7)6-14;2*8-7(9)11-10-3-5-1-2-6(4-12)13-5;7-6(8)10-9-4-2-1-3-5-11;4-3(5)7-6-1-2-8/h2*4-7,19-20H,2-3H2,1H3,(H4,14,15,17);2*1-6H,(H4,10,11,13);2*1-4H,(H4,8,9,11);4-5H,1-3H2,(H4,7,8,10);1-2H,(H4,4,5,7)/p+8. The number of unbranched alkanes of at least 4 members (excludes halogenated alkanes) is 2. The molecule has 0 aliphatic carbocycles.